The molecule has 0 saturated carbocycles. The van der Waals surface area contributed by atoms with Crippen molar-refractivity contribution in [1.82, 2.24) is 15.5 Å². The Morgan fingerprint density at radius 3 is 2.67 bits per heavy atom. The molecule has 0 aliphatic rings. The molecule has 2 rings (SSSR count). The van der Waals surface area contributed by atoms with Crippen molar-refractivity contribution in [2.24, 2.45) is 0 Å². The molecular formula is C13H16BrClN4O2. The van der Waals surface area contributed by atoms with Gasteiger partial charge in [0, 0.05) is 17.1 Å². The number of rotatable bonds is 3. The highest BCUT2D eigenvalue weighted by Gasteiger charge is 2.28. The fourth-order valence-corrected chi connectivity index (χ4v) is 2.19. The second kappa shape index (κ2) is 6.44. The third kappa shape index (κ3) is 3.95. The van der Waals surface area contributed by atoms with Crippen LogP contribution in [0.3, 0.4) is 0 Å². The SMILES string of the molecule is CC(=O)NC(C)(C)c1noc(-c2ccc(Br)cc2N)n1.Cl. The van der Waals surface area contributed by atoms with Crippen LogP contribution in [0.1, 0.15) is 26.6 Å². The summed E-state index contributed by atoms with van der Waals surface area (Å²) in [5, 5.41) is 6.67. The lowest BCUT2D eigenvalue weighted by Crippen LogP contribution is -2.40. The zero-order chi connectivity index (χ0) is 14.9. The molecule has 0 radical (unpaired) electrons. The monoisotopic (exact) mass is 374 g/mol. The van der Waals surface area contributed by atoms with Crippen LogP contribution in [0.4, 0.5) is 5.69 Å². The van der Waals surface area contributed by atoms with Crippen molar-refractivity contribution < 1.29 is 9.32 Å². The van der Waals surface area contributed by atoms with Crippen LogP contribution in [0.25, 0.3) is 11.5 Å². The Labute approximate surface area is 137 Å². The first-order chi connectivity index (χ1) is 9.29. The predicted molar refractivity (Wildman–Crippen MR) is 85.9 cm³/mol. The molecule has 0 aliphatic carbocycles. The minimum absolute atomic E-state index is 0. The average molecular weight is 376 g/mol. The van der Waals surface area contributed by atoms with Crippen molar-refractivity contribution in [3.63, 3.8) is 0 Å². The molecule has 21 heavy (non-hydrogen) atoms. The molecule has 0 unspecified atom stereocenters. The highest BCUT2D eigenvalue weighted by atomic mass is 79.9. The lowest BCUT2D eigenvalue weighted by atomic mass is 10.1. The Morgan fingerprint density at radius 2 is 2.10 bits per heavy atom. The maximum absolute atomic E-state index is 11.2. The second-order valence-corrected chi connectivity index (χ2v) is 5.88. The van der Waals surface area contributed by atoms with E-state index in [4.69, 9.17) is 10.3 Å². The third-order valence-electron chi connectivity index (χ3n) is 2.72. The summed E-state index contributed by atoms with van der Waals surface area (Å²) in [6.07, 6.45) is 0. The molecular weight excluding hydrogens is 360 g/mol. The van der Waals surface area contributed by atoms with Crippen molar-refractivity contribution in [2.75, 3.05) is 5.73 Å². The van der Waals surface area contributed by atoms with Crippen LogP contribution in [0.2, 0.25) is 0 Å². The smallest absolute Gasteiger partial charge is 0.260 e. The zero-order valence-electron chi connectivity index (χ0n) is 11.8. The van der Waals surface area contributed by atoms with E-state index in [-0.39, 0.29) is 18.3 Å². The maximum atomic E-state index is 11.2. The van der Waals surface area contributed by atoms with Gasteiger partial charge in [-0.1, -0.05) is 21.1 Å². The van der Waals surface area contributed by atoms with E-state index in [1.54, 1.807) is 26.0 Å². The molecule has 1 aromatic heterocycles. The number of hydrogen-bond donors (Lipinski definition) is 2. The lowest BCUT2D eigenvalue weighted by molar-refractivity contribution is -0.120. The minimum atomic E-state index is -0.711. The lowest BCUT2D eigenvalue weighted by Gasteiger charge is -2.20. The number of nitrogens with one attached hydrogen (secondary N) is 1. The van der Waals surface area contributed by atoms with Gasteiger partial charge in [-0.2, -0.15) is 4.98 Å². The largest absolute Gasteiger partial charge is 0.398 e. The molecule has 0 aliphatic heterocycles. The summed E-state index contributed by atoms with van der Waals surface area (Å²) < 4.78 is 6.10. The summed E-state index contributed by atoms with van der Waals surface area (Å²) in [6.45, 7) is 5.04. The van der Waals surface area contributed by atoms with Gasteiger partial charge in [0.15, 0.2) is 5.82 Å². The van der Waals surface area contributed by atoms with Gasteiger partial charge in [-0.25, -0.2) is 0 Å². The van der Waals surface area contributed by atoms with Crippen LogP contribution in [-0.4, -0.2) is 16.0 Å². The molecule has 1 aromatic carbocycles. The molecule has 114 valence electrons. The first kappa shape index (κ1) is 17.5. The predicted octanol–water partition coefficient (Wildman–Crippen LogP) is 2.87. The van der Waals surface area contributed by atoms with E-state index in [0.717, 1.165) is 4.47 Å². The number of nitrogens with two attached hydrogens (primary N) is 1. The van der Waals surface area contributed by atoms with Crippen molar-refractivity contribution in [3.8, 4) is 11.5 Å². The standard InChI is InChI=1S/C13H15BrN4O2.ClH/c1-7(19)17-13(2,3)12-16-11(20-18-12)9-5-4-8(14)6-10(9)15;/h4-6H,15H2,1-3H3,(H,17,19);1H. The van der Waals surface area contributed by atoms with Gasteiger partial charge in [0.25, 0.3) is 5.89 Å². The topological polar surface area (TPSA) is 94.0 Å². The van der Waals surface area contributed by atoms with E-state index in [0.29, 0.717) is 23.0 Å². The van der Waals surface area contributed by atoms with Gasteiger partial charge in [-0.15, -0.1) is 12.4 Å². The van der Waals surface area contributed by atoms with E-state index < -0.39 is 5.54 Å². The second-order valence-electron chi connectivity index (χ2n) is 4.96. The number of carbonyl (C=O) groups is 1. The van der Waals surface area contributed by atoms with Gasteiger partial charge in [0.05, 0.1) is 11.1 Å². The fraction of sp³-hybridized carbons (Fsp3) is 0.308. The van der Waals surface area contributed by atoms with Gasteiger partial charge in [0.1, 0.15) is 0 Å². The molecule has 1 amide bonds. The summed E-state index contributed by atoms with van der Waals surface area (Å²) in [4.78, 5) is 15.5. The summed E-state index contributed by atoms with van der Waals surface area (Å²) in [5.74, 6) is 0.554. The first-order valence-corrected chi connectivity index (χ1v) is 6.77. The van der Waals surface area contributed by atoms with E-state index in [1.807, 2.05) is 6.07 Å². The molecule has 3 N–H and O–H groups in total. The Kier molecular flexibility index (Phi) is 5.36. The molecule has 2 aromatic rings. The van der Waals surface area contributed by atoms with Crippen LogP contribution in [0.5, 0.6) is 0 Å². The summed E-state index contributed by atoms with van der Waals surface area (Å²) in [5.41, 5.74) is 6.41. The third-order valence-corrected chi connectivity index (χ3v) is 3.21. The number of nitrogen functional groups attached to an aromatic ring is 1. The number of benzene rings is 1. The van der Waals surface area contributed by atoms with E-state index in [1.165, 1.54) is 6.92 Å². The average Bonchev–Trinajstić information content (AvgIpc) is 2.77. The number of carbonyl (C=O) groups excluding carboxylic acids is 1. The fourth-order valence-electron chi connectivity index (χ4n) is 1.81. The van der Waals surface area contributed by atoms with Crippen molar-refractivity contribution in [1.29, 1.82) is 0 Å². The number of aromatic nitrogens is 2. The Bertz CT molecular complexity index is 657. The maximum Gasteiger partial charge on any atom is 0.260 e. The van der Waals surface area contributed by atoms with E-state index >= 15 is 0 Å². The Morgan fingerprint density at radius 1 is 1.43 bits per heavy atom. The van der Waals surface area contributed by atoms with Crippen LogP contribution >= 0.6 is 28.3 Å². The highest BCUT2D eigenvalue weighted by molar-refractivity contribution is 9.10. The normalized spacial score (nSPS) is 10.9. The number of amides is 1. The summed E-state index contributed by atoms with van der Waals surface area (Å²) in [6, 6.07) is 5.40. The van der Waals surface area contributed by atoms with Crippen LogP contribution in [0.15, 0.2) is 27.2 Å². The molecule has 0 atom stereocenters. The van der Waals surface area contributed by atoms with Crippen LogP contribution < -0.4 is 11.1 Å². The van der Waals surface area contributed by atoms with Gasteiger partial charge in [-0.05, 0) is 32.0 Å². The number of hydrogen-bond acceptors (Lipinski definition) is 5. The molecule has 0 spiro atoms. The zero-order valence-corrected chi connectivity index (χ0v) is 14.2. The van der Waals surface area contributed by atoms with Crippen LogP contribution in [-0.2, 0) is 10.3 Å². The summed E-state index contributed by atoms with van der Waals surface area (Å²) >= 11 is 3.34. The molecule has 0 saturated heterocycles. The molecule has 0 bridgehead atoms. The van der Waals surface area contributed by atoms with Crippen molar-refractivity contribution in [2.45, 2.75) is 26.3 Å². The van der Waals surface area contributed by atoms with E-state index in [9.17, 15) is 4.79 Å². The number of anilines is 1. The molecule has 1 heterocycles. The highest BCUT2D eigenvalue weighted by Crippen LogP contribution is 2.28. The van der Waals surface area contributed by atoms with Gasteiger partial charge in [0.2, 0.25) is 5.91 Å². The quantitative estimate of drug-likeness (QED) is 0.804. The summed E-state index contributed by atoms with van der Waals surface area (Å²) in [7, 11) is 0. The van der Waals surface area contributed by atoms with Crippen molar-refractivity contribution >= 4 is 39.9 Å². The Balaban J connectivity index is 0.00000220. The number of nitrogens with zero attached hydrogens (tertiary/aromatic N) is 2. The van der Waals surface area contributed by atoms with Crippen molar-refractivity contribution in [3.05, 3.63) is 28.5 Å². The number of halogens is 2. The molecule has 8 heteroatoms. The van der Waals surface area contributed by atoms with Gasteiger partial charge in [-0.3, -0.25) is 4.79 Å². The molecule has 0 fully saturated rings. The van der Waals surface area contributed by atoms with Crippen LogP contribution in [0, 0.1) is 0 Å². The first-order valence-electron chi connectivity index (χ1n) is 5.98. The molecule has 6 nitrogen and oxygen atoms in total. The van der Waals surface area contributed by atoms with Gasteiger partial charge < -0.3 is 15.6 Å². The Hall–Kier alpha value is -1.60. The van der Waals surface area contributed by atoms with E-state index in [2.05, 4.69) is 31.4 Å². The van der Waals surface area contributed by atoms with Gasteiger partial charge >= 0.3 is 0 Å². The minimum Gasteiger partial charge on any atom is -0.398 e.